The zero-order chi connectivity index (χ0) is 18.0. The van der Waals surface area contributed by atoms with Gasteiger partial charge in [-0.3, -0.25) is 14.7 Å². The number of nitrogens with zero attached hydrogens (tertiary/aromatic N) is 3. The summed E-state index contributed by atoms with van der Waals surface area (Å²) in [6, 6.07) is 16.9. The van der Waals surface area contributed by atoms with Gasteiger partial charge in [0.15, 0.2) is 0 Å². The molecular formula is C22H27N3O. The second kappa shape index (κ2) is 7.20. The van der Waals surface area contributed by atoms with Crippen LogP contribution in [-0.4, -0.2) is 46.9 Å². The van der Waals surface area contributed by atoms with Crippen LogP contribution in [0.1, 0.15) is 30.5 Å². The van der Waals surface area contributed by atoms with Gasteiger partial charge in [0, 0.05) is 25.8 Å². The summed E-state index contributed by atoms with van der Waals surface area (Å²) in [6.45, 7) is 2.84. The fourth-order valence-corrected chi connectivity index (χ4v) is 4.59. The highest BCUT2D eigenvalue weighted by atomic mass is 16.2. The maximum absolute atomic E-state index is 13.0. The molecule has 1 spiro atoms. The molecule has 136 valence electrons. The minimum Gasteiger partial charge on any atom is -0.342 e. The number of benzene rings is 1. The Kier molecular flexibility index (Phi) is 4.77. The van der Waals surface area contributed by atoms with E-state index in [1.807, 2.05) is 36.3 Å². The Morgan fingerprint density at radius 3 is 2.50 bits per heavy atom. The van der Waals surface area contributed by atoms with Gasteiger partial charge in [0.25, 0.3) is 0 Å². The third-order valence-corrected chi connectivity index (χ3v) is 6.19. The second-order valence-electron chi connectivity index (χ2n) is 7.84. The van der Waals surface area contributed by atoms with Crippen LogP contribution in [0, 0.1) is 5.41 Å². The van der Waals surface area contributed by atoms with Crippen LogP contribution in [0.5, 0.6) is 0 Å². The van der Waals surface area contributed by atoms with Crippen LogP contribution in [0.25, 0.3) is 0 Å². The summed E-state index contributed by atoms with van der Waals surface area (Å²) in [7, 11) is 1.99. The van der Waals surface area contributed by atoms with Crippen LogP contribution in [0.3, 0.4) is 0 Å². The van der Waals surface area contributed by atoms with E-state index in [4.69, 9.17) is 0 Å². The van der Waals surface area contributed by atoms with Crippen LogP contribution < -0.4 is 0 Å². The van der Waals surface area contributed by atoms with Gasteiger partial charge < -0.3 is 4.90 Å². The number of hydrogen-bond acceptors (Lipinski definition) is 3. The van der Waals surface area contributed by atoms with E-state index in [9.17, 15) is 4.79 Å². The maximum atomic E-state index is 13.0. The number of carbonyl (C=O) groups is 1. The van der Waals surface area contributed by atoms with Crippen molar-refractivity contribution in [1.29, 1.82) is 0 Å². The normalized spacial score (nSPS) is 22.9. The molecule has 1 unspecified atom stereocenters. The summed E-state index contributed by atoms with van der Waals surface area (Å²) in [4.78, 5) is 21.9. The highest BCUT2D eigenvalue weighted by Crippen LogP contribution is 2.44. The van der Waals surface area contributed by atoms with Crippen molar-refractivity contribution in [1.82, 2.24) is 14.8 Å². The zero-order valence-corrected chi connectivity index (χ0v) is 15.5. The second-order valence-corrected chi connectivity index (χ2v) is 7.84. The maximum Gasteiger partial charge on any atom is 0.228 e. The number of piperidine rings is 1. The van der Waals surface area contributed by atoms with Crippen molar-refractivity contribution in [3.05, 3.63) is 66.0 Å². The first-order valence-corrected chi connectivity index (χ1v) is 9.60. The molecule has 4 rings (SSSR count). The van der Waals surface area contributed by atoms with Gasteiger partial charge in [-0.1, -0.05) is 36.4 Å². The molecule has 2 aliphatic rings. The molecule has 4 nitrogen and oxygen atoms in total. The Labute approximate surface area is 155 Å². The van der Waals surface area contributed by atoms with Crippen LogP contribution >= 0.6 is 0 Å². The van der Waals surface area contributed by atoms with Gasteiger partial charge in [-0.25, -0.2) is 0 Å². The molecule has 26 heavy (non-hydrogen) atoms. The van der Waals surface area contributed by atoms with E-state index in [-0.39, 0.29) is 5.41 Å². The van der Waals surface area contributed by atoms with Crippen molar-refractivity contribution in [2.75, 3.05) is 20.1 Å². The minimum absolute atomic E-state index is 0.144. The van der Waals surface area contributed by atoms with E-state index in [0.717, 1.165) is 51.0 Å². The molecule has 1 atom stereocenters. The van der Waals surface area contributed by atoms with Gasteiger partial charge in [0.1, 0.15) is 0 Å². The topological polar surface area (TPSA) is 36.4 Å². The number of rotatable bonds is 4. The molecular weight excluding hydrogens is 322 g/mol. The fourth-order valence-electron chi connectivity index (χ4n) is 4.59. The monoisotopic (exact) mass is 349 g/mol. The molecule has 2 aromatic rings. The summed E-state index contributed by atoms with van der Waals surface area (Å²) < 4.78 is 0. The van der Waals surface area contributed by atoms with E-state index in [1.54, 1.807) is 0 Å². The first-order valence-electron chi connectivity index (χ1n) is 9.60. The average Bonchev–Trinajstić information content (AvgIpc) is 2.90. The van der Waals surface area contributed by atoms with Crippen molar-refractivity contribution in [3.8, 4) is 0 Å². The first-order chi connectivity index (χ1) is 12.7. The van der Waals surface area contributed by atoms with E-state index >= 15 is 0 Å². The Morgan fingerprint density at radius 2 is 1.81 bits per heavy atom. The summed E-state index contributed by atoms with van der Waals surface area (Å²) in [5.74, 6) is 0.357. The molecule has 2 aliphatic heterocycles. The van der Waals surface area contributed by atoms with E-state index in [1.165, 1.54) is 5.56 Å². The fraction of sp³-hybridized carbons (Fsp3) is 0.455. The molecule has 3 heterocycles. The molecule has 0 N–H and O–H groups in total. The third-order valence-electron chi connectivity index (χ3n) is 6.19. The van der Waals surface area contributed by atoms with Gasteiger partial charge in [-0.15, -0.1) is 0 Å². The summed E-state index contributed by atoms with van der Waals surface area (Å²) >= 11 is 0. The Balaban J connectivity index is 1.39. The van der Waals surface area contributed by atoms with Crippen LogP contribution in [0.4, 0.5) is 0 Å². The lowest BCUT2D eigenvalue weighted by molar-refractivity contribution is -0.137. The van der Waals surface area contributed by atoms with Crippen LogP contribution in [0.2, 0.25) is 0 Å². The van der Waals surface area contributed by atoms with Gasteiger partial charge in [0.2, 0.25) is 5.91 Å². The molecule has 1 aromatic carbocycles. The standard InChI is InChI=1S/C22H27N3O/c1-24-20(15-18-7-3-2-4-8-18)16-22(21(24)26)10-13-25(14-11-22)17-19-9-5-6-12-23-19/h2-9,12,20H,10-11,13-17H2,1H3. The summed E-state index contributed by atoms with van der Waals surface area (Å²) in [6.07, 6.45) is 5.74. The molecule has 0 bridgehead atoms. The average molecular weight is 349 g/mol. The van der Waals surface area contributed by atoms with E-state index in [0.29, 0.717) is 11.9 Å². The van der Waals surface area contributed by atoms with E-state index < -0.39 is 0 Å². The van der Waals surface area contributed by atoms with Crippen LogP contribution in [-0.2, 0) is 17.8 Å². The summed E-state index contributed by atoms with van der Waals surface area (Å²) in [5, 5.41) is 0. The molecule has 2 saturated heterocycles. The largest absolute Gasteiger partial charge is 0.342 e. The predicted molar refractivity (Wildman–Crippen MR) is 103 cm³/mol. The van der Waals surface area contributed by atoms with Crippen molar-refractivity contribution >= 4 is 5.91 Å². The van der Waals surface area contributed by atoms with Gasteiger partial charge in [0.05, 0.1) is 11.1 Å². The number of aromatic nitrogens is 1. The first kappa shape index (κ1) is 17.2. The molecule has 0 saturated carbocycles. The molecule has 1 aromatic heterocycles. The smallest absolute Gasteiger partial charge is 0.228 e. The Hall–Kier alpha value is -2.20. The van der Waals surface area contributed by atoms with Gasteiger partial charge in [-0.2, -0.15) is 0 Å². The van der Waals surface area contributed by atoms with Gasteiger partial charge in [-0.05, 0) is 56.5 Å². The number of likely N-dealkylation sites (tertiary alicyclic amines) is 2. The number of hydrogen-bond donors (Lipinski definition) is 0. The highest BCUT2D eigenvalue weighted by Gasteiger charge is 2.50. The molecule has 2 fully saturated rings. The summed E-state index contributed by atoms with van der Waals surface area (Å²) in [5.41, 5.74) is 2.29. The highest BCUT2D eigenvalue weighted by molar-refractivity contribution is 5.85. The number of carbonyl (C=O) groups excluding carboxylic acids is 1. The lowest BCUT2D eigenvalue weighted by atomic mass is 9.75. The predicted octanol–water partition coefficient (Wildman–Crippen LogP) is 3.14. The van der Waals surface area contributed by atoms with Crippen molar-refractivity contribution in [2.45, 2.75) is 38.3 Å². The Morgan fingerprint density at radius 1 is 1.08 bits per heavy atom. The SMILES string of the molecule is CN1C(=O)C2(CCN(Cc3ccccn3)CC2)CC1Cc1ccccc1. The lowest BCUT2D eigenvalue weighted by Crippen LogP contribution is -2.43. The van der Waals surface area contributed by atoms with Crippen LogP contribution in [0.15, 0.2) is 54.7 Å². The minimum atomic E-state index is -0.144. The number of pyridine rings is 1. The van der Waals surface area contributed by atoms with Gasteiger partial charge >= 0.3 is 0 Å². The Bertz CT molecular complexity index is 738. The molecule has 1 amide bonds. The van der Waals surface area contributed by atoms with Crippen molar-refractivity contribution in [3.63, 3.8) is 0 Å². The zero-order valence-electron chi connectivity index (χ0n) is 15.5. The molecule has 4 heteroatoms. The quantitative estimate of drug-likeness (QED) is 0.851. The number of amides is 1. The number of likely N-dealkylation sites (N-methyl/N-ethyl adjacent to an activating group) is 1. The molecule has 0 radical (unpaired) electrons. The van der Waals surface area contributed by atoms with E-state index in [2.05, 4.69) is 40.2 Å². The van der Waals surface area contributed by atoms with Crippen molar-refractivity contribution < 1.29 is 4.79 Å². The lowest BCUT2D eigenvalue weighted by Gasteiger charge is -2.37. The van der Waals surface area contributed by atoms with Crippen molar-refractivity contribution in [2.24, 2.45) is 5.41 Å². The molecule has 0 aliphatic carbocycles. The third kappa shape index (κ3) is 3.38.